The second-order valence-electron chi connectivity index (χ2n) is 4.95. The van der Waals surface area contributed by atoms with Crippen molar-refractivity contribution in [1.82, 2.24) is 0 Å². The molecule has 96 valence electrons. The maximum Gasteiger partial charge on any atom is 0.416 e. The molecular formula is C13H16ClF3. The topological polar surface area (TPSA) is 0 Å². The Morgan fingerprint density at radius 1 is 1.18 bits per heavy atom. The van der Waals surface area contributed by atoms with Crippen LogP contribution in [0.2, 0.25) is 0 Å². The number of halogens is 4. The van der Waals surface area contributed by atoms with E-state index in [4.69, 9.17) is 11.6 Å². The van der Waals surface area contributed by atoms with Gasteiger partial charge in [-0.05, 0) is 30.4 Å². The minimum absolute atomic E-state index is 0.0699. The number of alkyl halides is 4. The lowest BCUT2D eigenvalue weighted by Crippen LogP contribution is -2.21. The van der Waals surface area contributed by atoms with Gasteiger partial charge in [-0.15, -0.1) is 11.6 Å². The van der Waals surface area contributed by atoms with Crippen LogP contribution in [0.1, 0.15) is 38.3 Å². The molecule has 1 atom stereocenters. The summed E-state index contributed by atoms with van der Waals surface area (Å²) in [6, 6.07) is 5.45. The molecule has 0 saturated carbocycles. The Bertz CT molecular complexity index is 380. The summed E-state index contributed by atoms with van der Waals surface area (Å²) in [7, 11) is 0. The van der Waals surface area contributed by atoms with Gasteiger partial charge in [0.1, 0.15) is 0 Å². The molecule has 0 radical (unpaired) electrons. The number of hydrogen-bond donors (Lipinski definition) is 0. The second kappa shape index (κ2) is 4.89. The van der Waals surface area contributed by atoms with Crippen LogP contribution >= 0.6 is 11.6 Å². The van der Waals surface area contributed by atoms with Gasteiger partial charge < -0.3 is 0 Å². The monoisotopic (exact) mass is 264 g/mol. The zero-order valence-corrected chi connectivity index (χ0v) is 10.9. The molecule has 0 saturated heterocycles. The maximum absolute atomic E-state index is 12.6. The van der Waals surface area contributed by atoms with Crippen LogP contribution in [0.15, 0.2) is 24.3 Å². The van der Waals surface area contributed by atoms with Crippen molar-refractivity contribution in [3.8, 4) is 0 Å². The van der Waals surface area contributed by atoms with Crippen molar-refractivity contribution in [2.75, 3.05) is 0 Å². The van der Waals surface area contributed by atoms with Crippen LogP contribution in [0, 0.1) is 0 Å². The second-order valence-corrected chi connectivity index (χ2v) is 5.69. The molecule has 0 aliphatic rings. The lowest BCUT2D eigenvalue weighted by atomic mass is 9.80. The van der Waals surface area contributed by atoms with Crippen molar-refractivity contribution in [3.63, 3.8) is 0 Å². The Labute approximate surface area is 105 Å². The van der Waals surface area contributed by atoms with Crippen LogP contribution in [0.4, 0.5) is 13.2 Å². The fraction of sp³-hybridized carbons (Fsp3) is 0.538. The summed E-state index contributed by atoms with van der Waals surface area (Å²) in [5.41, 5.74) is -0.298. The molecule has 1 aromatic rings. The van der Waals surface area contributed by atoms with Gasteiger partial charge >= 0.3 is 6.18 Å². The zero-order chi connectivity index (χ0) is 13.3. The molecular weight excluding hydrogens is 249 g/mol. The number of rotatable bonds is 3. The molecule has 0 aliphatic heterocycles. The van der Waals surface area contributed by atoms with E-state index in [2.05, 4.69) is 0 Å². The summed E-state index contributed by atoms with van der Waals surface area (Å²) < 4.78 is 37.8. The highest BCUT2D eigenvalue weighted by molar-refractivity contribution is 6.20. The van der Waals surface area contributed by atoms with Crippen LogP contribution < -0.4 is 0 Å². The van der Waals surface area contributed by atoms with E-state index in [1.54, 1.807) is 6.07 Å². The van der Waals surface area contributed by atoms with Crippen LogP contribution in [0.3, 0.4) is 0 Å². The first-order valence-corrected chi connectivity index (χ1v) is 5.88. The SMILES string of the molecule is CC(Cl)CC(C)(C)c1cccc(C(F)(F)F)c1. The van der Waals surface area contributed by atoms with E-state index in [1.807, 2.05) is 20.8 Å². The minimum Gasteiger partial charge on any atom is -0.166 e. The normalized spacial score (nSPS) is 14.8. The molecule has 1 aromatic carbocycles. The van der Waals surface area contributed by atoms with Gasteiger partial charge in [0.25, 0.3) is 0 Å². The number of benzene rings is 1. The highest BCUT2D eigenvalue weighted by Gasteiger charge is 2.32. The lowest BCUT2D eigenvalue weighted by molar-refractivity contribution is -0.137. The zero-order valence-electron chi connectivity index (χ0n) is 10.1. The van der Waals surface area contributed by atoms with Crippen molar-refractivity contribution in [2.45, 2.75) is 44.2 Å². The molecule has 0 amide bonds. The Hall–Kier alpha value is -0.700. The van der Waals surface area contributed by atoms with Gasteiger partial charge in [-0.1, -0.05) is 32.0 Å². The van der Waals surface area contributed by atoms with Gasteiger partial charge in [0.05, 0.1) is 5.56 Å². The van der Waals surface area contributed by atoms with Gasteiger partial charge in [0, 0.05) is 5.38 Å². The summed E-state index contributed by atoms with van der Waals surface area (Å²) in [5.74, 6) is 0. The van der Waals surface area contributed by atoms with E-state index in [0.29, 0.717) is 12.0 Å². The van der Waals surface area contributed by atoms with Gasteiger partial charge in [-0.25, -0.2) is 0 Å². The Kier molecular flexibility index (Phi) is 4.13. The van der Waals surface area contributed by atoms with Crippen LogP contribution in [-0.2, 0) is 11.6 Å². The minimum atomic E-state index is -4.29. The first kappa shape index (κ1) is 14.4. The first-order valence-electron chi connectivity index (χ1n) is 5.45. The van der Waals surface area contributed by atoms with Crippen LogP contribution in [-0.4, -0.2) is 5.38 Å². The van der Waals surface area contributed by atoms with Crippen LogP contribution in [0.5, 0.6) is 0 Å². The first-order chi connectivity index (χ1) is 7.63. The standard InChI is InChI=1S/C13H16ClF3/c1-9(14)8-12(2,3)10-5-4-6-11(7-10)13(15,16)17/h4-7,9H,8H2,1-3H3. The Morgan fingerprint density at radius 3 is 2.18 bits per heavy atom. The van der Waals surface area contributed by atoms with Crippen molar-refractivity contribution in [3.05, 3.63) is 35.4 Å². The summed E-state index contributed by atoms with van der Waals surface area (Å²) in [5, 5.41) is -0.0699. The van der Waals surface area contributed by atoms with E-state index in [9.17, 15) is 13.2 Å². The molecule has 0 spiro atoms. The smallest absolute Gasteiger partial charge is 0.166 e. The van der Waals surface area contributed by atoms with Crippen molar-refractivity contribution in [2.24, 2.45) is 0 Å². The lowest BCUT2D eigenvalue weighted by Gasteiger charge is -2.27. The molecule has 0 aromatic heterocycles. The van der Waals surface area contributed by atoms with E-state index < -0.39 is 11.7 Å². The van der Waals surface area contributed by atoms with Crippen molar-refractivity contribution < 1.29 is 13.2 Å². The van der Waals surface area contributed by atoms with Crippen molar-refractivity contribution >= 4 is 11.6 Å². The van der Waals surface area contributed by atoms with Crippen LogP contribution in [0.25, 0.3) is 0 Å². The third kappa shape index (κ3) is 3.91. The largest absolute Gasteiger partial charge is 0.416 e. The molecule has 0 fully saturated rings. The van der Waals surface area contributed by atoms with Gasteiger partial charge in [-0.2, -0.15) is 13.2 Å². The molecule has 0 aliphatic carbocycles. The summed E-state index contributed by atoms with van der Waals surface area (Å²) in [4.78, 5) is 0. The summed E-state index contributed by atoms with van der Waals surface area (Å²) in [6.45, 7) is 5.65. The molecule has 0 nitrogen and oxygen atoms in total. The quantitative estimate of drug-likeness (QED) is 0.674. The predicted octanol–water partition coefficient (Wildman–Crippen LogP) is 5.00. The molecule has 4 heteroatoms. The third-order valence-corrected chi connectivity index (χ3v) is 2.92. The van der Waals surface area contributed by atoms with Crippen molar-refractivity contribution in [1.29, 1.82) is 0 Å². The highest BCUT2D eigenvalue weighted by Crippen LogP contribution is 2.35. The van der Waals surface area contributed by atoms with Gasteiger partial charge in [0.2, 0.25) is 0 Å². The predicted molar refractivity (Wildman–Crippen MR) is 64.4 cm³/mol. The average molecular weight is 265 g/mol. The van der Waals surface area contributed by atoms with E-state index in [-0.39, 0.29) is 10.8 Å². The molecule has 1 unspecified atom stereocenters. The maximum atomic E-state index is 12.6. The Balaban J connectivity index is 3.07. The van der Waals surface area contributed by atoms with Gasteiger partial charge in [0.15, 0.2) is 0 Å². The third-order valence-electron chi connectivity index (χ3n) is 2.76. The van der Waals surface area contributed by atoms with E-state index in [0.717, 1.165) is 6.07 Å². The van der Waals surface area contributed by atoms with E-state index in [1.165, 1.54) is 12.1 Å². The summed E-state index contributed by atoms with van der Waals surface area (Å²) in [6.07, 6.45) is -3.66. The van der Waals surface area contributed by atoms with E-state index >= 15 is 0 Å². The molecule has 0 bridgehead atoms. The van der Waals surface area contributed by atoms with Gasteiger partial charge in [-0.3, -0.25) is 0 Å². The molecule has 17 heavy (non-hydrogen) atoms. The summed E-state index contributed by atoms with van der Waals surface area (Å²) >= 11 is 5.92. The molecule has 0 heterocycles. The molecule has 0 N–H and O–H groups in total. The number of hydrogen-bond acceptors (Lipinski definition) is 0. The average Bonchev–Trinajstić information content (AvgIpc) is 2.14. The fourth-order valence-electron chi connectivity index (χ4n) is 1.94. The fourth-order valence-corrected chi connectivity index (χ4v) is 2.32. The Morgan fingerprint density at radius 2 is 1.71 bits per heavy atom. The highest BCUT2D eigenvalue weighted by atomic mass is 35.5. The molecule has 1 rings (SSSR count).